The molecular weight excluding hydrogens is 198 g/mol. The highest BCUT2D eigenvalue weighted by Crippen LogP contribution is 2.16. The van der Waals surface area contributed by atoms with Crippen molar-refractivity contribution in [2.75, 3.05) is 13.1 Å². The quantitative estimate of drug-likeness (QED) is 0.843. The fraction of sp³-hybridized carbons (Fsp3) is 0.571. The van der Waals surface area contributed by atoms with E-state index in [1.165, 1.54) is 18.4 Å². The molecule has 1 N–H and O–H groups in total. The molecule has 0 aromatic heterocycles. The summed E-state index contributed by atoms with van der Waals surface area (Å²) in [5.41, 5.74) is 1.26. The van der Waals surface area contributed by atoms with E-state index in [9.17, 15) is 0 Å². The van der Waals surface area contributed by atoms with E-state index >= 15 is 0 Å². The van der Waals surface area contributed by atoms with E-state index in [0.717, 1.165) is 25.6 Å². The van der Waals surface area contributed by atoms with Crippen LogP contribution >= 0.6 is 0 Å². The largest absolute Gasteiger partial charge is 0.372 e. The molecule has 2 atom stereocenters. The van der Waals surface area contributed by atoms with Crippen LogP contribution in [0.3, 0.4) is 0 Å². The van der Waals surface area contributed by atoms with Gasteiger partial charge in [0.05, 0.1) is 12.7 Å². The van der Waals surface area contributed by atoms with E-state index in [4.69, 9.17) is 4.74 Å². The third-order valence-electron chi connectivity index (χ3n) is 3.18. The standard InChI is InChI=1S/C14H21NO/c1-12-7-8-15-10-14(9-12)16-11-13-5-3-2-4-6-13/h2-6,12,14-15H,7-11H2,1H3. The van der Waals surface area contributed by atoms with Gasteiger partial charge in [0.15, 0.2) is 0 Å². The second-order valence-corrected chi connectivity index (χ2v) is 4.75. The number of hydrogen-bond acceptors (Lipinski definition) is 2. The van der Waals surface area contributed by atoms with E-state index in [1.807, 2.05) is 6.07 Å². The fourth-order valence-electron chi connectivity index (χ4n) is 2.18. The Kier molecular flexibility index (Phi) is 4.37. The van der Waals surface area contributed by atoms with Gasteiger partial charge in [0.2, 0.25) is 0 Å². The lowest BCUT2D eigenvalue weighted by atomic mass is 10.0. The summed E-state index contributed by atoms with van der Waals surface area (Å²) in [6.07, 6.45) is 2.82. The topological polar surface area (TPSA) is 21.3 Å². The first kappa shape index (κ1) is 11.6. The summed E-state index contributed by atoms with van der Waals surface area (Å²) in [6.45, 7) is 5.18. The molecule has 0 bridgehead atoms. The van der Waals surface area contributed by atoms with Crippen molar-refractivity contribution >= 4 is 0 Å². The van der Waals surface area contributed by atoms with E-state index < -0.39 is 0 Å². The third kappa shape index (κ3) is 3.62. The molecule has 2 heteroatoms. The molecule has 2 nitrogen and oxygen atoms in total. The van der Waals surface area contributed by atoms with Gasteiger partial charge in [-0.3, -0.25) is 0 Å². The van der Waals surface area contributed by atoms with Gasteiger partial charge in [-0.15, -0.1) is 0 Å². The highest BCUT2D eigenvalue weighted by atomic mass is 16.5. The van der Waals surface area contributed by atoms with Gasteiger partial charge >= 0.3 is 0 Å². The van der Waals surface area contributed by atoms with Gasteiger partial charge in [-0.1, -0.05) is 37.3 Å². The number of ether oxygens (including phenoxy) is 1. The van der Waals surface area contributed by atoms with Crippen LogP contribution in [-0.2, 0) is 11.3 Å². The zero-order valence-electron chi connectivity index (χ0n) is 9.99. The summed E-state index contributed by atoms with van der Waals surface area (Å²) in [6, 6.07) is 10.4. The van der Waals surface area contributed by atoms with Crippen LogP contribution in [0.5, 0.6) is 0 Å². The number of hydrogen-bond donors (Lipinski definition) is 1. The molecule has 0 spiro atoms. The van der Waals surface area contributed by atoms with Crippen LogP contribution in [0.4, 0.5) is 0 Å². The summed E-state index contributed by atoms with van der Waals surface area (Å²) < 4.78 is 5.96. The van der Waals surface area contributed by atoms with Gasteiger partial charge in [0, 0.05) is 6.54 Å². The Morgan fingerprint density at radius 2 is 2.12 bits per heavy atom. The first-order chi connectivity index (χ1) is 7.84. The van der Waals surface area contributed by atoms with Gasteiger partial charge in [-0.25, -0.2) is 0 Å². The summed E-state index contributed by atoms with van der Waals surface area (Å²) >= 11 is 0. The minimum Gasteiger partial charge on any atom is -0.372 e. The van der Waals surface area contributed by atoms with E-state index in [-0.39, 0.29) is 0 Å². The smallest absolute Gasteiger partial charge is 0.0721 e. The maximum Gasteiger partial charge on any atom is 0.0721 e. The highest BCUT2D eigenvalue weighted by molar-refractivity contribution is 5.13. The second-order valence-electron chi connectivity index (χ2n) is 4.75. The molecule has 1 heterocycles. The Bertz CT molecular complexity index is 299. The van der Waals surface area contributed by atoms with Crippen molar-refractivity contribution in [2.24, 2.45) is 5.92 Å². The molecular formula is C14H21NO. The third-order valence-corrected chi connectivity index (χ3v) is 3.18. The molecule has 1 aliphatic rings. The molecule has 16 heavy (non-hydrogen) atoms. The average Bonchev–Trinajstić information content (AvgIpc) is 2.52. The lowest BCUT2D eigenvalue weighted by molar-refractivity contribution is 0.0318. The number of benzene rings is 1. The molecule has 1 saturated heterocycles. The Balaban J connectivity index is 1.80. The normalized spacial score (nSPS) is 26.3. The van der Waals surface area contributed by atoms with Crippen LogP contribution in [0.25, 0.3) is 0 Å². The SMILES string of the molecule is CC1CCNCC(OCc2ccccc2)C1. The molecule has 0 radical (unpaired) electrons. The summed E-state index contributed by atoms with van der Waals surface area (Å²) in [5, 5.41) is 3.44. The summed E-state index contributed by atoms with van der Waals surface area (Å²) in [7, 11) is 0. The molecule has 1 aliphatic heterocycles. The van der Waals surface area contributed by atoms with E-state index in [1.54, 1.807) is 0 Å². The van der Waals surface area contributed by atoms with Crippen LogP contribution in [-0.4, -0.2) is 19.2 Å². The zero-order valence-corrected chi connectivity index (χ0v) is 9.99. The molecule has 1 aromatic carbocycles. The highest BCUT2D eigenvalue weighted by Gasteiger charge is 2.17. The maximum absolute atomic E-state index is 5.96. The summed E-state index contributed by atoms with van der Waals surface area (Å²) in [5.74, 6) is 0.774. The zero-order chi connectivity index (χ0) is 11.2. The van der Waals surface area contributed by atoms with E-state index in [2.05, 4.69) is 36.5 Å². The fourth-order valence-corrected chi connectivity index (χ4v) is 2.18. The molecule has 0 amide bonds. The van der Waals surface area contributed by atoms with Crippen molar-refractivity contribution in [3.8, 4) is 0 Å². The Morgan fingerprint density at radius 3 is 2.94 bits per heavy atom. The van der Waals surface area contributed by atoms with Gasteiger partial charge in [-0.05, 0) is 30.9 Å². The molecule has 2 unspecified atom stereocenters. The molecule has 2 rings (SSSR count). The molecule has 0 saturated carbocycles. The predicted molar refractivity (Wildman–Crippen MR) is 66.3 cm³/mol. The van der Waals surface area contributed by atoms with Gasteiger partial charge in [0.1, 0.15) is 0 Å². The molecule has 0 aliphatic carbocycles. The monoisotopic (exact) mass is 219 g/mol. The Morgan fingerprint density at radius 1 is 1.31 bits per heavy atom. The van der Waals surface area contributed by atoms with Crippen LogP contribution in [0.1, 0.15) is 25.3 Å². The molecule has 1 fully saturated rings. The van der Waals surface area contributed by atoms with Crippen LogP contribution in [0.2, 0.25) is 0 Å². The van der Waals surface area contributed by atoms with Crippen LogP contribution < -0.4 is 5.32 Å². The number of rotatable bonds is 3. The van der Waals surface area contributed by atoms with Gasteiger partial charge in [0.25, 0.3) is 0 Å². The average molecular weight is 219 g/mol. The van der Waals surface area contributed by atoms with Gasteiger partial charge in [-0.2, -0.15) is 0 Å². The van der Waals surface area contributed by atoms with Crippen molar-refractivity contribution in [2.45, 2.75) is 32.5 Å². The summed E-state index contributed by atoms with van der Waals surface area (Å²) in [4.78, 5) is 0. The lowest BCUT2D eigenvalue weighted by Crippen LogP contribution is -2.27. The first-order valence-corrected chi connectivity index (χ1v) is 6.21. The molecule has 1 aromatic rings. The van der Waals surface area contributed by atoms with Crippen molar-refractivity contribution in [1.29, 1.82) is 0 Å². The van der Waals surface area contributed by atoms with Crippen molar-refractivity contribution in [3.05, 3.63) is 35.9 Å². The van der Waals surface area contributed by atoms with Crippen molar-refractivity contribution in [3.63, 3.8) is 0 Å². The second kappa shape index (κ2) is 6.02. The minimum atomic E-state index is 0.373. The van der Waals surface area contributed by atoms with Gasteiger partial charge < -0.3 is 10.1 Å². The van der Waals surface area contributed by atoms with Crippen molar-refractivity contribution < 1.29 is 4.74 Å². The maximum atomic E-state index is 5.96. The lowest BCUT2D eigenvalue weighted by Gasteiger charge is -2.17. The minimum absolute atomic E-state index is 0.373. The number of nitrogens with one attached hydrogen (secondary N) is 1. The van der Waals surface area contributed by atoms with E-state index in [0.29, 0.717) is 6.10 Å². The predicted octanol–water partition coefficient (Wildman–Crippen LogP) is 2.59. The Labute approximate surface area is 98.0 Å². The Hall–Kier alpha value is -0.860. The van der Waals surface area contributed by atoms with Crippen LogP contribution in [0, 0.1) is 5.92 Å². The molecule has 88 valence electrons. The van der Waals surface area contributed by atoms with Crippen LogP contribution in [0.15, 0.2) is 30.3 Å². The first-order valence-electron chi connectivity index (χ1n) is 6.21. The van der Waals surface area contributed by atoms with Crippen molar-refractivity contribution in [1.82, 2.24) is 5.32 Å².